The number of nitrogens with one attached hydrogen (secondary N) is 1. The molecule has 0 spiro atoms. The minimum atomic E-state index is 0.122. The first-order chi connectivity index (χ1) is 10.3. The van der Waals surface area contributed by atoms with Gasteiger partial charge in [0.2, 0.25) is 0 Å². The molecule has 1 aromatic heterocycles. The highest BCUT2D eigenvalue weighted by Gasteiger charge is 2.28. The molecule has 0 bridgehead atoms. The van der Waals surface area contributed by atoms with Crippen LogP contribution in [0.2, 0.25) is 0 Å². The zero-order chi connectivity index (χ0) is 14.7. The van der Waals surface area contributed by atoms with Crippen molar-refractivity contribution in [3.8, 4) is 0 Å². The quantitative estimate of drug-likeness (QED) is 0.920. The molecule has 21 heavy (non-hydrogen) atoms. The maximum Gasteiger partial charge on any atom is 0.0984 e. The molecule has 2 atom stereocenters. The molecule has 2 heterocycles. The molecule has 0 aliphatic carbocycles. The van der Waals surface area contributed by atoms with Gasteiger partial charge in [-0.3, -0.25) is 0 Å². The van der Waals surface area contributed by atoms with Crippen molar-refractivity contribution in [2.75, 3.05) is 13.2 Å². The average Bonchev–Trinajstić information content (AvgIpc) is 2.91. The molecule has 1 aromatic carbocycles. The summed E-state index contributed by atoms with van der Waals surface area (Å²) >= 11 is 1.72. The van der Waals surface area contributed by atoms with Crippen LogP contribution < -0.4 is 5.32 Å². The van der Waals surface area contributed by atoms with E-state index in [-0.39, 0.29) is 12.1 Å². The first kappa shape index (κ1) is 14.7. The molecule has 3 rings (SSSR count). The Morgan fingerprint density at radius 1 is 1.43 bits per heavy atom. The van der Waals surface area contributed by atoms with E-state index in [2.05, 4.69) is 53.8 Å². The fourth-order valence-corrected chi connectivity index (χ4v) is 3.66. The van der Waals surface area contributed by atoms with Gasteiger partial charge in [-0.2, -0.15) is 0 Å². The van der Waals surface area contributed by atoms with Crippen LogP contribution in [-0.2, 0) is 17.6 Å². The maximum atomic E-state index is 6.11. The van der Waals surface area contributed by atoms with Crippen LogP contribution in [0.25, 0.3) is 0 Å². The molecule has 4 heteroatoms. The highest BCUT2D eigenvalue weighted by molar-refractivity contribution is 7.09. The predicted molar refractivity (Wildman–Crippen MR) is 86.9 cm³/mol. The first-order valence-corrected chi connectivity index (χ1v) is 8.49. The van der Waals surface area contributed by atoms with E-state index in [0.29, 0.717) is 0 Å². The summed E-state index contributed by atoms with van der Waals surface area (Å²) in [5.41, 5.74) is 3.92. The molecule has 1 aliphatic heterocycles. The molecule has 0 fully saturated rings. The van der Waals surface area contributed by atoms with Crippen molar-refractivity contribution in [1.82, 2.24) is 10.3 Å². The van der Waals surface area contributed by atoms with Crippen LogP contribution in [0.5, 0.6) is 0 Å². The molecule has 3 nitrogen and oxygen atoms in total. The molecule has 2 aromatic rings. The summed E-state index contributed by atoms with van der Waals surface area (Å²) in [5.74, 6) is 0. The summed E-state index contributed by atoms with van der Waals surface area (Å²) in [7, 11) is 0. The van der Waals surface area contributed by atoms with Gasteiger partial charge in [-0.05, 0) is 31.0 Å². The number of ether oxygens (including phenoxy) is 1. The summed E-state index contributed by atoms with van der Waals surface area (Å²) in [4.78, 5) is 4.61. The largest absolute Gasteiger partial charge is 0.372 e. The SMILES string of the molecule is CCNC(Cc1csc(C)n1)C1OCCc2ccccc21. The van der Waals surface area contributed by atoms with Crippen molar-refractivity contribution in [3.63, 3.8) is 0 Å². The number of likely N-dealkylation sites (N-methyl/N-ethyl adjacent to an activating group) is 1. The fraction of sp³-hybridized carbons (Fsp3) is 0.471. The van der Waals surface area contributed by atoms with E-state index in [1.54, 1.807) is 11.3 Å². The van der Waals surface area contributed by atoms with Gasteiger partial charge in [-0.25, -0.2) is 4.98 Å². The molecule has 2 unspecified atom stereocenters. The monoisotopic (exact) mass is 302 g/mol. The Morgan fingerprint density at radius 2 is 2.29 bits per heavy atom. The highest BCUT2D eigenvalue weighted by atomic mass is 32.1. The number of hydrogen-bond donors (Lipinski definition) is 1. The molecule has 0 saturated carbocycles. The molecule has 0 radical (unpaired) electrons. The van der Waals surface area contributed by atoms with Gasteiger partial charge < -0.3 is 10.1 Å². The van der Waals surface area contributed by atoms with Crippen LogP contribution in [0.3, 0.4) is 0 Å². The van der Waals surface area contributed by atoms with Gasteiger partial charge >= 0.3 is 0 Å². The van der Waals surface area contributed by atoms with Crippen molar-refractivity contribution in [1.29, 1.82) is 0 Å². The molecule has 0 saturated heterocycles. The third-order valence-electron chi connectivity index (χ3n) is 3.96. The van der Waals surface area contributed by atoms with Crippen molar-refractivity contribution in [2.45, 2.75) is 38.8 Å². The zero-order valence-corrected chi connectivity index (χ0v) is 13.5. The maximum absolute atomic E-state index is 6.11. The second-order valence-corrected chi connectivity index (χ2v) is 6.53. The lowest BCUT2D eigenvalue weighted by atomic mass is 9.91. The summed E-state index contributed by atoms with van der Waals surface area (Å²) in [5, 5.41) is 6.88. The number of nitrogens with zero attached hydrogens (tertiary/aromatic N) is 1. The van der Waals surface area contributed by atoms with E-state index in [1.165, 1.54) is 11.1 Å². The van der Waals surface area contributed by atoms with Crippen LogP contribution in [0.1, 0.15) is 34.9 Å². The highest BCUT2D eigenvalue weighted by Crippen LogP contribution is 2.31. The average molecular weight is 302 g/mol. The van der Waals surface area contributed by atoms with Gasteiger partial charge in [0.05, 0.1) is 23.4 Å². The van der Waals surface area contributed by atoms with Gasteiger partial charge in [0.1, 0.15) is 0 Å². The standard InChI is InChI=1S/C17H22N2OS/c1-3-18-16(10-14-11-21-12(2)19-14)17-15-7-5-4-6-13(15)8-9-20-17/h4-7,11,16-18H,3,8-10H2,1-2H3. The summed E-state index contributed by atoms with van der Waals surface area (Å²) in [6, 6.07) is 8.93. The van der Waals surface area contributed by atoms with E-state index in [4.69, 9.17) is 4.74 Å². The summed E-state index contributed by atoms with van der Waals surface area (Å²) in [6.07, 6.45) is 2.05. The van der Waals surface area contributed by atoms with Crippen LogP contribution >= 0.6 is 11.3 Å². The Morgan fingerprint density at radius 3 is 3.05 bits per heavy atom. The second kappa shape index (κ2) is 6.69. The number of aryl methyl sites for hydroxylation is 1. The summed E-state index contributed by atoms with van der Waals surface area (Å²) in [6.45, 7) is 5.95. The Balaban J connectivity index is 1.84. The number of aromatic nitrogens is 1. The van der Waals surface area contributed by atoms with Crippen LogP contribution in [0.4, 0.5) is 0 Å². The molecule has 0 amide bonds. The normalized spacial score (nSPS) is 19.2. The van der Waals surface area contributed by atoms with E-state index < -0.39 is 0 Å². The van der Waals surface area contributed by atoms with Crippen molar-refractivity contribution in [2.24, 2.45) is 0 Å². The number of rotatable bonds is 5. The topological polar surface area (TPSA) is 34.2 Å². The van der Waals surface area contributed by atoms with Crippen LogP contribution in [0.15, 0.2) is 29.6 Å². The number of benzene rings is 1. The zero-order valence-electron chi connectivity index (χ0n) is 12.6. The fourth-order valence-electron chi connectivity index (χ4n) is 3.03. The number of thiazole rings is 1. The van der Waals surface area contributed by atoms with Crippen molar-refractivity contribution < 1.29 is 4.74 Å². The summed E-state index contributed by atoms with van der Waals surface area (Å²) < 4.78 is 6.11. The molecular formula is C17H22N2OS. The van der Waals surface area contributed by atoms with Gasteiger partial charge in [-0.1, -0.05) is 31.2 Å². The molecule has 112 valence electrons. The molecule has 1 aliphatic rings. The predicted octanol–water partition coefficient (Wildman–Crippen LogP) is 3.29. The van der Waals surface area contributed by atoms with Crippen LogP contribution in [-0.4, -0.2) is 24.2 Å². The second-order valence-electron chi connectivity index (χ2n) is 5.47. The Kier molecular flexibility index (Phi) is 4.68. The minimum Gasteiger partial charge on any atom is -0.372 e. The number of hydrogen-bond acceptors (Lipinski definition) is 4. The Bertz CT molecular complexity index is 596. The van der Waals surface area contributed by atoms with E-state index in [0.717, 1.165) is 36.7 Å². The third-order valence-corrected chi connectivity index (χ3v) is 4.78. The van der Waals surface area contributed by atoms with Gasteiger partial charge in [0, 0.05) is 17.8 Å². The lowest BCUT2D eigenvalue weighted by Crippen LogP contribution is -2.40. The lowest BCUT2D eigenvalue weighted by Gasteiger charge is -2.32. The Labute approximate surface area is 130 Å². The van der Waals surface area contributed by atoms with Crippen LogP contribution in [0, 0.1) is 6.92 Å². The van der Waals surface area contributed by atoms with Crippen molar-refractivity contribution >= 4 is 11.3 Å². The number of fused-ring (bicyclic) bond motifs is 1. The van der Waals surface area contributed by atoms with E-state index >= 15 is 0 Å². The molecular weight excluding hydrogens is 280 g/mol. The van der Waals surface area contributed by atoms with Gasteiger partial charge in [-0.15, -0.1) is 11.3 Å². The first-order valence-electron chi connectivity index (χ1n) is 7.61. The molecule has 1 N–H and O–H groups in total. The van der Waals surface area contributed by atoms with Crippen molar-refractivity contribution in [3.05, 3.63) is 51.5 Å². The van der Waals surface area contributed by atoms with Gasteiger partial charge in [0.15, 0.2) is 0 Å². The van der Waals surface area contributed by atoms with Gasteiger partial charge in [0.25, 0.3) is 0 Å². The van der Waals surface area contributed by atoms with E-state index in [1.807, 2.05) is 0 Å². The van der Waals surface area contributed by atoms with E-state index in [9.17, 15) is 0 Å². The third kappa shape index (κ3) is 3.34. The minimum absolute atomic E-state index is 0.122. The smallest absolute Gasteiger partial charge is 0.0984 e. The Hall–Kier alpha value is -1.23. The lowest BCUT2D eigenvalue weighted by molar-refractivity contribution is 0.0156.